The highest BCUT2D eigenvalue weighted by Crippen LogP contribution is 2.30. The lowest BCUT2D eigenvalue weighted by atomic mass is 9.94. The molecule has 3 amide bonds. The molecule has 1 fully saturated rings. The minimum absolute atomic E-state index is 0.0569. The molecule has 4 rings (SSSR count). The molecule has 1 atom stereocenters. The lowest BCUT2D eigenvalue weighted by Crippen LogP contribution is -2.49. The van der Waals surface area contributed by atoms with E-state index in [1.807, 2.05) is 0 Å². The first-order valence-corrected chi connectivity index (χ1v) is 12.0. The molecule has 9 heteroatoms. The van der Waals surface area contributed by atoms with Crippen LogP contribution < -0.4 is 15.5 Å². The Morgan fingerprint density at radius 2 is 1.74 bits per heavy atom. The zero-order chi connectivity index (χ0) is 24.6. The summed E-state index contributed by atoms with van der Waals surface area (Å²) in [4.78, 5) is 45.1. The molecule has 3 aromatic rings. The molecule has 182 valence electrons. The molecule has 0 spiro atoms. The molecule has 0 bridgehead atoms. The lowest BCUT2D eigenvalue weighted by molar-refractivity contribution is -0.127. The Morgan fingerprint density at radius 1 is 1.03 bits per heavy atom. The van der Waals surface area contributed by atoms with Gasteiger partial charge in [-0.25, -0.2) is 0 Å². The molecular formula is C26H27ClN4O4. The largest absolute Gasteiger partial charge is 0.459 e. The highest BCUT2D eigenvalue weighted by molar-refractivity contribution is 6.30. The van der Waals surface area contributed by atoms with E-state index in [2.05, 4.69) is 15.6 Å². The summed E-state index contributed by atoms with van der Waals surface area (Å²) in [6.45, 7) is -0.333. The number of hydrogen-bond donors (Lipinski definition) is 2. The Kier molecular flexibility index (Phi) is 8.15. The first kappa shape index (κ1) is 24.5. The van der Waals surface area contributed by atoms with Crippen LogP contribution in [0.4, 0.5) is 5.69 Å². The Hall–Kier alpha value is -3.65. The molecule has 1 aliphatic rings. The smallest absolute Gasteiger partial charge is 0.287 e. The Morgan fingerprint density at radius 3 is 2.40 bits per heavy atom. The molecule has 35 heavy (non-hydrogen) atoms. The van der Waals surface area contributed by atoms with Gasteiger partial charge in [0.2, 0.25) is 11.8 Å². The van der Waals surface area contributed by atoms with Crippen LogP contribution in [-0.2, 0) is 9.59 Å². The van der Waals surface area contributed by atoms with Crippen LogP contribution in [0.25, 0.3) is 0 Å². The van der Waals surface area contributed by atoms with Gasteiger partial charge in [-0.05, 0) is 66.9 Å². The second-order valence-electron chi connectivity index (χ2n) is 8.43. The number of nitrogens with one attached hydrogen (secondary N) is 2. The van der Waals surface area contributed by atoms with E-state index in [9.17, 15) is 14.4 Å². The van der Waals surface area contributed by atoms with Gasteiger partial charge in [-0.3, -0.25) is 24.3 Å². The summed E-state index contributed by atoms with van der Waals surface area (Å²) >= 11 is 6.09. The lowest BCUT2D eigenvalue weighted by Gasteiger charge is -2.33. The second kappa shape index (κ2) is 11.7. The van der Waals surface area contributed by atoms with Crippen molar-refractivity contribution < 1.29 is 18.8 Å². The van der Waals surface area contributed by atoms with E-state index in [-0.39, 0.29) is 24.3 Å². The van der Waals surface area contributed by atoms with E-state index in [1.54, 1.807) is 54.9 Å². The van der Waals surface area contributed by atoms with Crippen LogP contribution in [0.15, 0.2) is 71.6 Å². The Bertz CT molecular complexity index is 1130. The number of pyridine rings is 1. The Labute approximate surface area is 208 Å². The maximum absolute atomic E-state index is 13.7. The SMILES string of the molecule is O=C(NCC(=O)N(c1ccc(Cl)cc1)[C@@H](C(=O)NC1CCCCC1)c1ccncc1)c1ccco1. The third-order valence-corrected chi connectivity index (χ3v) is 6.25. The predicted molar refractivity (Wildman–Crippen MR) is 132 cm³/mol. The molecule has 0 aliphatic heterocycles. The van der Waals surface area contributed by atoms with E-state index >= 15 is 0 Å². The van der Waals surface area contributed by atoms with Crippen LogP contribution in [0.2, 0.25) is 5.02 Å². The topological polar surface area (TPSA) is 105 Å². The van der Waals surface area contributed by atoms with Crippen molar-refractivity contribution in [1.29, 1.82) is 0 Å². The van der Waals surface area contributed by atoms with Gasteiger partial charge >= 0.3 is 0 Å². The molecule has 0 saturated heterocycles. The van der Waals surface area contributed by atoms with Crippen molar-refractivity contribution in [2.24, 2.45) is 0 Å². The van der Waals surface area contributed by atoms with E-state index in [0.29, 0.717) is 16.3 Å². The average Bonchev–Trinajstić information content (AvgIpc) is 3.43. The highest BCUT2D eigenvalue weighted by Gasteiger charge is 2.34. The fraction of sp³-hybridized carbons (Fsp3) is 0.308. The average molecular weight is 495 g/mol. The molecule has 0 unspecified atom stereocenters. The molecule has 8 nitrogen and oxygen atoms in total. The van der Waals surface area contributed by atoms with Gasteiger partial charge in [-0.15, -0.1) is 0 Å². The number of amides is 3. The van der Waals surface area contributed by atoms with E-state index in [4.69, 9.17) is 16.0 Å². The van der Waals surface area contributed by atoms with Crippen molar-refractivity contribution in [3.05, 3.63) is 83.5 Å². The molecule has 2 N–H and O–H groups in total. The first-order valence-electron chi connectivity index (χ1n) is 11.6. The minimum atomic E-state index is -0.964. The number of carbonyl (C=O) groups is 3. The number of rotatable bonds is 8. The molecular weight excluding hydrogens is 468 g/mol. The van der Waals surface area contributed by atoms with Crippen molar-refractivity contribution in [2.45, 2.75) is 44.2 Å². The maximum Gasteiger partial charge on any atom is 0.287 e. The van der Waals surface area contributed by atoms with Crippen LogP contribution in [0.5, 0.6) is 0 Å². The third kappa shape index (κ3) is 6.27. The standard InChI is InChI=1S/C26H27ClN4O4/c27-19-8-10-21(11-9-19)31(23(32)17-29-25(33)22-7-4-16-35-22)24(18-12-14-28-15-13-18)26(34)30-20-5-2-1-3-6-20/h4,7-16,20,24H,1-3,5-6,17H2,(H,29,33)(H,30,34)/t24-/m1/s1. The number of nitrogens with zero attached hydrogens (tertiary/aromatic N) is 2. The number of hydrogen-bond acceptors (Lipinski definition) is 5. The van der Waals surface area contributed by atoms with E-state index in [1.165, 1.54) is 17.2 Å². The molecule has 0 radical (unpaired) electrons. The zero-order valence-corrected chi connectivity index (χ0v) is 19.9. The molecule has 2 aromatic heterocycles. The summed E-state index contributed by atoms with van der Waals surface area (Å²) in [5, 5.41) is 6.22. The van der Waals surface area contributed by atoms with Crippen molar-refractivity contribution >= 4 is 35.0 Å². The summed E-state index contributed by atoms with van der Waals surface area (Å²) in [5.74, 6) is -1.18. The number of halogens is 1. The van der Waals surface area contributed by atoms with Crippen molar-refractivity contribution in [3.8, 4) is 0 Å². The summed E-state index contributed by atoms with van der Waals surface area (Å²) in [7, 11) is 0. The fourth-order valence-electron chi connectivity index (χ4n) is 4.27. The third-order valence-electron chi connectivity index (χ3n) is 6.00. The fourth-order valence-corrected chi connectivity index (χ4v) is 4.39. The van der Waals surface area contributed by atoms with Gasteiger partial charge in [-0.1, -0.05) is 30.9 Å². The summed E-state index contributed by atoms with van der Waals surface area (Å²) in [5.41, 5.74) is 1.08. The van der Waals surface area contributed by atoms with Crippen LogP contribution >= 0.6 is 11.6 Å². The normalized spacial score (nSPS) is 14.7. The van der Waals surface area contributed by atoms with Crippen molar-refractivity contribution in [1.82, 2.24) is 15.6 Å². The van der Waals surface area contributed by atoms with Crippen molar-refractivity contribution in [2.75, 3.05) is 11.4 Å². The van der Waals surface area contributed by atoms with Gasteiger partial charge in [-0.2, -0.15) is 0 Å². The second-order valence-corrected chi connectivity index (χ2v) is 8.86. The molecule has 2 heterocycles. The van der Waals surface area contributed by atoms with Gasteiger partial charge in [0.25, 0.3) is 5.91 Å². The summed E-state index contributed by atoms with van der Waals surface area (Å²) in [6.07, 6.45) is 9.63. The Balaban J connectivity index is 1.65. The van der Waals surface area contributed by atoms with E-state index < -0.39 is 17.9 Å². The van der Waals surface area contributed by atoms with Gasteiger partial charge in [0.1, 0.15) is 6.04 Å². The summed E-state index contributed by atoms with van der Waals surface area (Å²) < 4.78 is 5.10. The maximum atomic E-state index is 13.7. The number of anilines is 1. The van der Waals surface area contributed by atoms with Gasteiger partial charge in [0.15, 0.2) is 5.76 Å². The van der Waals surface area contributed by atoms with Crippen LogP contribution in [0.3, 0.4) is 0 Å². The van der Waals surface area contributed by atoms with Crippen LogP contribution in [-0.4, -0.2) is 35.3 Å². The molecule has 1 aliphatic carbocycles. The number of benzene rings is 1. The number of aromatic nitrogens is 1. The van der Waals surface area contributed by atoms with Gasteiger partial charge < -0.3 is 15.1 Å². The van der Waals surface area contributed by atoms with Crippen LogP contribution in [0, 0.1) is 0 Å². The minimum Gasteiger partial charge on any atom is -0.459 e. The quantitative estimate of drug-likeness (QED) is 0.486. The number of carbonyl (C=O) groups excluding carboxylic acids is 3. The predicted octanol–water partition coefficient (Wildman–Crippen LogP) is 4.28. The highest BCUT2D eigenvalue weighted by atomic mass is 35.5. The number of furan rings is 1. The summed E-state index contributed by atoms with van der Waals surface area (Å²) in [6, 6.07) is 12.3. The van der Waals surface area contributed by atoms with Crippen molar-refractivity contribution in [3.63, 3.8) is 0 Å². The zero-order valence-electron chi connectivity index (χ0n) is 19.2. The van der Waals surface area contributed by atoms with Gasteiger partial charge in [0, 0.05) is 29.1 Å². The molecule has 1 saturated carbocycles. The van der Waals surface area contributed by atoms with Gasteiger partial charge in [0.05, 0.1) is 12.8 Å². The molecule has 1 aromatic carbocycles. The van der Waals surface area contributed by atoms with E-state index in [0.717, 1.165) is 32.1 Å². The first-order chi connectivity index (χ1) is 17.0. The van der Waals surface area contributed by atoms with Crippen LogP contribution in [0.1, 0.15) is 54.3 Å². The monoisotopic (exact) mass is 494 g/mol.